The van der Waals surface area contributed by atoms with Crippen LogP contribution in [0.2, 0.25) is 0 Å². The molecule has 0 bridgehead atoms. The van der Waals surface area contributed by atoms with E-state index >= 15 is 0 Å². The van der Waals surface area contributed by atoms with Crippen LogP contribution < -0.4 is 10.1 Å². The molecule has 1 N–H and O–H groups in total. The zero-order chi connectivity index (χ0) is 24.1. The van der Waals surface area contributed by atoms with Crippen molar-refractivity contribution in [2.24, 2.45) is 0 Å². The average molecular weight is 479 g/mol. The first-order valence-electron chi connectivity index (χ1n) is 11.5. The van der Waals surface area contributed by atoms with Crippen molar-refractivity contribution in [2.75, 3.05) is 17.7 Å². The molecule has 0 fully saturated rings. The molecule has 0 saturated carbocycles. The number of esters is 1. The van der Waals surface area contributed by atoms with E-state index in [1.54, 1.807) is 16.4 Å². The Morgan fingerprint density at radius 1 is 1.12 bits per heavy atom. The largest absolute Gasteiger partial charge is 0.489 e. The predicted octanol–water partition coefficient (Wildman–Crippen LogP) is 5.52. The maximum Gasteiger partial charge on any atom is 0.338 e. The number of hydrogen-bond acceptors (Lipinski definition) is 7. The van der Waals surface area contributed by atoms with Gasteiger partial charge < -0.3 is 14.8 Å². The third-order valence-electron chi connectivity index (χ3n) is 5.62. The molecule has 2 heterocycles. The predicted molar refractivity (Wildman–Crippen MR) is 134 cm³/mol. The summed E-state index contributed by atoms with van der Waals surface area (Å²) in [4.78, 5) is 17.8. The van der Waals surface area contributed by atoms with Gasteiger partial charge in [0.1, 0.15) is 18.4 Å². The van der Waals surface area contributed by atoms with E-state index in [4.69, 9.17) is 14.6 Å². The number of benzene rings is 2. The van der Waals surface area contributed by atoms with Crippen LogP contribution in [-0.4, -0.2) is 33.1 Å². The Morgan fingerprint density at radius 2 is 1.88 bits per heavy atom. The van der Waals surface area contributed by atoms with Crippen LogP contribution in [0.15, 0.2) is 65.0 Å². The van der Waals surface area contributed by atoms with E-state index in [-0.39, 0.29) is 5.97 Å². The minimum atomic E-state index is -0.521. The van der Waals surface area contributed by atoms with Crippen LogP contribution in [0, 0.1) is 6.92 Å². The summed E-state index contributed by atoms with van der Waals surface area (Å²) in [6, 6.07) is 15.4. The van der Waals surface area contributed by atoms with Crippen LogP contribution >= 0.6 is 11.8 Å². The Hall–Kier alpha value is -3.26. The van der Waals surface area contributed by atoms with Crippen LogP contribution in [0.5, 0.6) is 5.75 Å². The second-order valence-electron chi connectivity index (χ2n) is 8.05. The van der Waals surface area contributed by atoms with E-state index < -0.39 is 6.04 Å². The molecule has 34 heavy (non-hydrogen) atoms. The molecule has 1 unspecified atom stereocenters. The second-order valence-corrected chi connectivity index (χ2v) is 9.28. The van der Waals surface area contributed by atoms with Gasteiger partial charge in [-0.15, -0.1) is 5.10 Å². The number of carbonyl (C=O) groups excluding carboxylic acids is 1. The monoisotopic (exact) mass is 478 g/mol. The Labute approximate surface area is 204 Å². The number of hydrogen-bond donors (Lipinski definition) is 1. The van der Waals surface area contributed by atoms with Crippen LogP contribution in [-0.2, 0) is 16.1 Å². The number of nitrogens with one attached hydrogen (secondary N) is 1. The normalized spacial score (nSPS) is 15.0. The molecule has 7 nitrogen and oxygen atoms in total. The van der Waals surface area contributed by atoms with Crippen molar-refractivity contribution in [1.29, 1.82) is 0 Å². The first kappa shape index (κ1) is 23.9. The van der Waals surface area contributed by atoms with Gasteiger partial charge in [0.05, 0.1) is 12.2 Å². The van der Waals surface area contributed by atoms with Gasteiger partial charge in [-0.25, -0.2) is 9.48 Å². The fourth-order valence-corrected chi connectivity index (χ4v) is 4.47. The van der Waals surface area contributed by atoms with Gasteiger partial charge in [-0.3, -0.25) is 0 Å². The Balaban J connectivity index is 1.76. The molecule has 1 atom stereocenters. The van der Waals surface area contributed by atoms with Gasteiger partial charge in [-0.2, -0.15) is 4.98 Å². The number of carbonyl (C=O) groups is 1. The molecule has 8 heteroatoms. The van der Waals surface area contributed by atoms with Crippen molar-refractivity contribution in [3.8, 4) is 5.75 Å². The van der Waals surface area contributed by atoms with E-state index in [1.807, 2.05) is 50.2 Å². The van der Waals surface area contributed by atoms with Gasteiger partial charge in [0, 0.05) is 11.3 Å². The highest BCUT2D eigenvalue weighted by molar-refractivity contribution is 7.99. The fourth-order valence-electron chi connectivity index (χ4n) is 3.91. The van der Waals surface area contributed by atoms with E-state index in [2.05, 4.69) is 36.3 Å². The first-order chi connectivity index (χ1) is 16.5. The van der Waals surface area contributed by atoms with Crippen molar-refractivity contribution < 1.29 is 14.3 Å². The van der Waals surface area contributed by atoms with Crippen molar-refractivity contribution in [3.05, 3.63) is 76.5 Å². The summed E-state index contributed by atoms with van der Waals surface area (Å²) >= 11 is 1.56. The molecule has 1 aromatic heterocycles. The number of rotatable bonds is 9. The molecule has 178 valence electrons. The third-order valence-corrected chi connectivity index (χ3v) is 6.34. The van der Waals surface area contributed by atoms with E-state index in [9.17, 15) is 4.79 Å². The first-order valence-corrected chi connectivity index (χ1v) is 12.5. The number of aryl methyl sites for hydroxylation is 1. The third kappa shape index (κ3) is 4.97. The molecule has 3 aromatic rings. The molecular weight excluding hydrogens is 448 g/mol. The fraction of sp³-hybridized carbons (Fsp3) is 0.346. The Morgan fingerprint density at radius 3 is 2.65 bits per heavy atom. The summed E-state index contributed by atoms with van der Waals surface area (Å²) in [6.45, 7) is 8.76. The van der Waals surface area contributed by atoms with Gasteiger partial charge in [0.2, 0.25) is 11.1 Å². The second kappa shape index (κ2) is 10.8. The lowest BCUT2D eigenvalue weighted by Gasteiger charge is -2.29. The highest BCUT2D eigenvalue weighted by Crippen LogP contribution is 2.40. The van der Waals surface area contributed by atoms with Gasteiger partial charge in [0.25, 0.3) is 0 Å². The molecule has 2 aromatic carbocycles. The summed E-state index contributed by atoms with van der Waals surface area (Å²) in [5, 5.41) is 8.63. The minimum absolute atomic E-state index is 0.356. The van der Waals surface area contributed by atoms with Crippen LogP contribution in [0.3, 0.4) is 0 Å². The molecule has 0 amide bonds. The number of nitrogens with zero attached hydrogens (tertiary/aromatic N) is 3. The van der Waals surface area contributed by atoms with Crippen LogP contribution in [0.1, 0.15) is 49.9 Å². The Kier molecular flexibility index (Phi) is 7.57. The van der Waals surface area contributed by atoms with Gasteiger partial charge in [-0.1, -0.05) is 68.1 Å². The van der Waals surface area contributed by atoms with Crippen molar-refractivity contribution in [1.82, 2.24) is 14.8 Å². The topological polar surface area (TPSA) is 78.3 Å². The van der Waals surface area contributed by atoms with Crippen LogP contribution in [0.25, 0.3) is 0 Å². The Bertz CT molecular complexity index is 1200. The molecule has 0 saturated heterocycles. The number of fused-ring (bicyclic) bond motifs is 1. The lowest BCUT2D eigenvalue weighted by molar-refractivity contribution is -0.139. The zero-order valence-electron chi connectivity index (χ0n) is 20.0. The molecule has 4 rings (SSSR count). The zero-order valence-corrected chi connectivity index (χ0v) is 20.8. The van der Waals surface area contributed by atoms with Gasteiger partial charge in [0.15, 0.2) is 0 Å². The lowest BCUT2D eigenvalue weighted by Crippen LogP contribution is -2.30. The SMILES string of the molecule is CCCOC(=O)C1=C(C)Nc2nc(SCC)nn2C1c1ccccc1OCc1ccccc1C. The molecular formula is C26H30N4O3S. The quantitative estimate of drug-likeness (QED) is 0.320. The molecule has 0 radical (unpaired) electrons. The van der Waals surface area contributed by atoms with Gasteiger partial charge >= 0.3 is 5.97 Å². The number of ether oxygens (including phenoxy) is 2. The van der Waals surface area contributed by atoms with Crippen molar-refractivity contribution in [3.63, 3.8) is 0 Å². The number of para-hydroxylation sites is 1. The maximum atomic E-state index is 13.2. The molecule has 1 aliphatic heterocycles. The van der Waals surface area contributed by atoms with E-state index in [0.29, 0.717) is 41.3 Å². The summed E-state index contributed by atoms with van der Waals surface area (Å²) < 4.78 is 13.6. The summed E-state index contributed by atoms with van der Waals surface area (Å²) in [6.07, 6.45) is 0.748. The van der Waals surface area contributed by atoms with Crippen molar-refractivity contribution in [2.45, 2.75) is 51.9 Å². The van der Waals surface area contributed by atoms with E-state index in [1.165, 1.54) is 5.56 Å². The maximum absolute atomic E-state index is 13.2. The lowest BCUT2D eigenvalue weighted by atomic mass is 9.95. The van der Waals surface area contributed by atoms with Crippen LogP contribution in [0.4, 0.5) is 5.95 Å². The highest BCUT2D eigenvalue weighted by atomic mass is 32.2. The molecule has 1 aliphatic rings. The standard InChI is InChI=1S/C26H30N4O3S/c1-5-15-32-24(31)22-18(4)27-25-28-26(34-6-2)29-30(25)23(22)20-13-9-10-14-21(20)33-16-19-12-8-7-11-17(19)3/h7-14,23H,5-6,15-16H2,1-4H3,(H,27,28,29). The van der Waals surface area contributed by atoms with Crippen molar-refractivity contribution >= 4 is 23.7 Å². The smallest absolute Gasteiger partial charge is 0.338 e. The summed E-state index contributed by atoms with van der Waals surface area (Å²) in [5.41, 5.74) is 4.32. The molecule has 0 aliphatic carbocycles. The summed E-state index contributed by atoms with van der Waals surface area (Å²) in [5.74, 6) is 1.77. The average Bonchev–Trinajstić information content (AvgIpc) is 3.23. The number of thioether (sulfide) groups is 1. The minimum Gasteiger partial charge on any atom is -0.489 e. The number of allylic oxidation sites excluding steroid dienone is 1. The van der Waals surface area contributed by atoms with E-state index in [0.717, 1.165) is 23.3 Å². The number of anilines is 1. The van der Waals surface area contributed by atoms with Gasteiger partial charge in [-0.05, 0) is 43.2 Å². The molecule has 0 spiro atoms. The number of aromatic nitrogens is 3. The highest BCUT2D eigenvalue weighted by Gasteiger charge is 2.36. The summed E-state index contributed by atoms with van der Waals surface area (Å²) in [7, 11) is 0.